The number of halogens is 1. The zero-order valence-electron chi connectivity index (χ0n) is 11.6. The molecule has 2 atom stereocenters. The van der Waals surface area contributed by atoms with E-state index in [1.54, 1.807) is 12.1 Å². The van der Waals surface area contributed by atoms with E-state index in [0.717, 1.165) is 0 Å². The quantitative estimate of drug-likeness (QED) is 0.629. The van der Waals surface area contributed by atoms with Crippen molar-refractivity contribution in [2.75, 3.05) is 18.1 Å². The molecule has 0 spiro atoms. The summed E-state index contributed by atoms with van der Waals surface area (Å²) in [5, 5.41) is 14.5. The molecule has 0 radical (unpaired) electrons. The van der Waals surface area contributed by atoms with Gasteiger partial charge >= 0.3 is 0 Å². The summed E-state index contributed by atoms with van der Waals surface area (Å²) in [5.74, 6) is 0.108. The maximum atomic E-state index is 11.7. The minimum absolute atomic E-state index is 0.0135. The van der Waals surface area contributed by atoms with Crippen molar-refractivity contribution in [3.05, 3.63) is 38.3 Å². The number of benzene rings is 1. The van der Waals surface area contributed by atoms with Crippen LogP contribution < -0.4 is 5.32 Å². The number of nitrogens with zero attached hydrogens (tertiary/aromatic N) is 1. The largest absolute Gasteiger partial charge is 0.310 e. The second-order valence-electron chi connectivity index (χ2n) is 5.16. The maximum Gasteiger partial charge on any atom is 0.275 e. The summed E-state index contributed by atoms with van der Waals surface area (Å²) in [7, 11) is -3.03. The molecule has 0 saturated carbocycles. The lowest BCUT2D eigenvalue weighted by Gasteiger charge is -2.23. The molecule has 21 heavy (non-hydrogen) atoms. The molecule has 1 N–H and O–H groups in total. The van der Waals surface area contributed by atoms with Crippen LogP contribution in [0.15, 0.2) is 22.7 Å². The highest BCUT2D eigenvalue weighted by Gasteiger charge is 2.36. The molecule has 0 bridgehead atoms. The maximum absolute atomic E-state index is 11.7. The number of nitro groups is 1. The van der Waals surface area contributed by atoms with Gasteiger partial charge in [-0.2, -0.15) is 0 Å². The molecule has 8 heteroatoms. The first-order chi connectivity index (χ1) is 9.84. The Labute approximate surface area is 132 Å². The van der Waals surface area contributed by atoms with Crippen molar-refractivity contribution in [3.8, 4) is 0 Å². The molecule has 0 amide bonds. The normalized spacial score (nSPS) is 22.1. The summed E-state index contributed by atoms with van der Waals surface area (Å²) in [5.41, 5.74) is 0.562. The van der Waals surface area contributed by atoms with E-state index in [2.05, 4.69) is 21.2 Å². The van der Waals surface area contributed by atoms with Crippen LogP contribution in [-0.4, -0.2) is 31.4 Å². The Bertz CT molecular complexity index is 648. The SMILES string of the molecule is CCNC(c1ccc(Br)cc1[N+](=O)[O-])C1CCS(=O)(=O)C1. The van der Waals surface area contributed by atoms with Gasteiger partial charge in [0, 0.05) is 22.1 Å². The van der Waals surface area contributed by atoms with Crippen LogP contribution in [0.1, 0.15) is 24.9 Å². The van der Waals surface area contributed by atoms with Crippen molar-refractivity contribution in [1.29, 1.82) is 0 Å². The summed E-state index contributed by atoms with van der Waals surface area (Å²) in [4.78, 5) is 10.8. The first-order valence-corrected chi connectivity index (χ1v) is 9.33. The van der Waals surface area contributed by atoms with Gasteiger partial charge in [0.15, 0.2) is 9.84 Å². The van der Waals surface area contributed by atoms with E-state index in [9.17, 15) is 18.5 Å². The van der Waals surface area contributed by atoms with Gasteiger partial charge in [0.2, 0.25) is 0 Å². The first kappa shape index (κ1) is 16.4. The molecule has 6 nitrogen and oxygen atoms in total. The van der Waals surface area contributed by atoms with Gasteiger partial charge in [-0.25, -0.2) is 8.42 Å². The number of nitrogens with one attached hydrogen (secondary N) is 1. The van der Waals surface area contributed by atoms with Gasteiger partial charge < -0.3 is 5.32 Å². The zero-order valence-corrected chi connectivity index (χ0v) is 14.0. The van der Waals surface area contributed by atoms with Gasteiger partial charge in [-0.3, -0.25) is 10.1 Å². The van der Waals surface area contributed by atoms with Crippen LogP contribution in [0.25, 0.3) is 0 Å². The van der Waals surface area contributed by atoms with Crippen LogP contribution in [-0.2, 0) is 9.84 Å². The Kier molecular flexibility index (Phi) is 5.00. The lowest BCUT2D eigenvalue weighted by molar-refractivity contribution is -0.385. The Morgan fingerprint density at radius 2 is 2.24 bits per heavy atom. The number of hydrogen-bond donors (Lipinski definition) is 1. The molecule has 0 aliphatic carbocycles. The number of rotatable bonds is 5. The third kappa shape index (κ3) is 3.81. The van der Waals surface area contributed by atoms with Crippen molar-refractivity contribution < 1.29 is 13.3 Å². The summed E-state index contributed by atoms with van der Waals surface area (Å²) in [6, 6.07) is 4.58. The summed E-state index contributed by atoms with van der Waals surface area (Å²) < 4.78 is 24.0. The minimum Gasteiger partial charge on any atom is -0.310 e. The van der Waals surface area contributed by atoms with Crippen molar-refractivity contribution in [2.24, 2.45) is 5.92 Å². The van der Waals surface area contributed by atoms with Gasteiger partial charge in [0.25, 0.3) is 5.69 Å². The lowest BCUT2D eigenvalue weighted by atomic mass is 9.91. The molecule has 2 rings (SSSR count). The molecular weight excluding hydrogens is 360 g/mol. The fourth-order valence-electron chi connectivity index (χ4n) is 2.78. The number of hydrogen-bond acceptors (Lipinski definition) is 5. The van der Waals surface area contributed by atoms with Gasteiger partial charge in [0.1, 0.15) is 0 Å². The average Bonchev–Trinajstić information content (AvgIpc) is 2.76. The topological polar surface area (TPSA) is 89.3 Å². The van der Waals surface area contributed by atoms with Crippen LogP contribution in [0.3, 0.4) is 0 Å². The van der Waals surface area contributed by atoms with E-state index in [-0.39, 0.29) is 29.2 Å². The molecule has 2 unspecified atom stereocenters. The number of nitro benzene ring substituents is 1. The highest BCUT2D eigenvalue weighted by molar-refractivity contribution is 9.10. The summed E-state index contributed by atoms with van der Waals surface area (Å²) in [6.07, 6.45) is 0.535. The molecule has 116 valence electrons. The van der Waals surface area contributed by atoms with Crippen LogP contribution in [0.5, 0.6) is 0 Å². The van der Waals surface area contributed by atoms with Crippen LogP contribution in [0.4, 0.5) is 5.69 Å². The minimum atomic E-state index is -3.03. The average molecular weight is 377 g/mol. The predicted molar refractivity (Wildman–Crippen MR) is 84.0 cm³/mol. The summed E-state index contributed by atoms with van der Waals surface area (Å²) in [6.45, 7) is 2.52. The molecule has 1 aromatic rings. The second-order valence-corrected chi connectivity index (χ2v) is 8.30. The standard InChI is InChI=1S/C13H17BrN2O4S/c1-2-15-13(9-5-6-21(19,20)8-9)11-4-3-10(14)7-12(11)16(17)18/h3-4,7,9,13,15H,2,5-6,8H2,1H3. The number of sulfone groups is 1. The Hall–Kier alpha value is -0.990. The monoisotopic (exact) mass is 376 g/mol. The highest BCUT2D eigenvalue weighted by Crippen LogP contribution is 2.36. The van der Waals surface area contributed by atoms with E-state index in [1.165, 1.54) is 6.07 Å². The molecule has 1 heterocycles. The zero-order chi connectivity index (χ0) is 15.6. The Morgan fingerprint density at radius 1 is 1.52 bits per heavy atom. The van der Waals surface area contributed by atoms with E-state index >= 15 is 0 Å². The van der Waals surface area contributed by atoms with Crippen molar-refractivity contribution in [2.45, 2.75) is 19.4 Å². The molecule has 1 fully saturated rings. The fraction of sp³-hybridized carbons (Fsp3) is 0.538. The van der Waals surface area contributed by atoms with Gasteiger partial charge in [-0.05, 0) is 31.0 Å². The third-order valence-electron chi connectivity index (χ3n) is 3.69. The lowest BCUT2D eigenvalue weighted by Crippen LogP contribution is -2.29. The molecule has 1 saturated heterocycles. The van der Waals surface area contributed by atoms with Gasteiger partial charge in [-0.15, -0.1) is 0 Å². The molecule has 1 aromatic carbocycles. The van der Waals surface area contributed by atoms with Crippen molar-refractivity contribution in [3.63, 3.8) is 0 Å². The third-order valence-corrected chi connectivity index (χ3v) is 5.97. The first-order valence-electron chi connectivity index (χ1n) is 6.71. The smallest absolute Gasteiger partial charge is 0.275 e. The second kappa shape index (κ2) is 6.41. The van der Waals surface area contributed by atoms with Crippen LogP contribution in [0, 0.1) is 16.0 Å². The molecule has 0 aromatic heterocycles. The van der Waals surface area contributed by atoms with Crippen LogP contribution in [0.2, 0.25) is 0 Å². The van der Waals surface area contributed by atoms with Crippen molar-refractivity contribution >= 4 is 31.5 Å². The van der Waals surface area contributed by atoms with Gasteiger partial charge in [-0.1, -0.05) is 22.9 Å². The summed E-state index contributed by atoms with van der Waals surface area (Å²) >= 11 is 3.23. The molecule has 1 aliphatic heterocycles. The Balaban J connectivity index is 2.41. The van der Waals surface area contributed by atoms with E-state index in [0.29, 0.717) is 23.0 Å². The van der Waals surface area contributed by atoms with Crippen LogP contribution >= 0.6 is 15.9 Å². The fourth-order valence-corrected chi connectivity index (χ4v) is 4.96. The molecular formula is C13H17BrN2O4S. The predicted octanol–water partition coefficient (Wildman–Crippen LogP) is 2.44. The van der Waals surface area contributed by atoms with Crippen molar-refractivity contribution in [1.82, 2.24) is 5.32 Å². The Morgan fingerprint density at radius 3 is 2.76 bits per heavy atom. The van der Waals surface area contributed by atoms with E-state index < -0.39 is 14.8 Å². The molecule has 1 aliphatic rings. The van der Waals surface area contributed by atoms with Gasteiger partial charge in [0.05, 0.1) is 16.4 Å². The highest BCUT2D eigenvalue weighted by atomic mass is 79.9. The van der Waals surface area contributed by atoms with E-state index in [4.69, 9.17) is 0 Å². The van der Waals surface area contributed by atoms with E-state index in [1.807, 2.05) is 6.92 Å².